The number of hydrogen-bond donors (Lipinski definition) is 1. The number of nitrogens with zero attached hydrogens (tertiary/aromatic N) is 3. The molecule has 2 aromatic rings. The Morgan fingerprint density at radius 3 is 2.50 bits per heavy atom. The average molecular weight is 324 g/mol. The maximum atomic E-state index is 12.5. The lowest BCUT2D eigenvalue weighted by molar-refractivity contribution is 0.0658. The van der Waals surface area contributed by atoms with Crippen molar-refractivity contribution in [2.45, 2.75) is 13.8 Å². The highest BCUT2D eigenvalue weighted by Gasteiger charge is 2.21. The summed E-state index contributed by atoms with van der Waals surface area (Å²) in [5, 5.41) is 3.37. The fraction of sp³-hybridized carbons (Fsp3) is 0.368. The Morgan fingerprint density at radius 1 is 1.08 bits per heavy atom. The molecule has 1 aliphatic rings. The summed E-state index contributed by atoms with van der Waals surface area (Å²) in [6.07, 6.45) is 1.73. The lowest BCUT2D eigenvalue weighted by Gasteiger charge is -2.32. The molecule has 0 aliphatic carbocycles. The van der Waals surface area contributed by atoms with Gasteiger partial charge in [0.2, 0.25) is 0 Å². The average Bonchev–Trinajstić information content (AvgIpc) is 2.60. The number of aryl methyl sites for hydroxylation is 1. The van der Waals surface area contributed by atoms with Crippen LogP contribution in [-0.2, 0) is 0 Å². The molecule has 1 amide bonds. The second-order valence-electron chi connectivity index (χ2n) is 6.40. The van der Waals surface area contributed by atoms with Gasteiger partial charge in [0.15, 0.2) is 0 Å². The molecule has 0 atom stereocenters. The van der Waals surface area contributed by atoms with Crippen LogP contribution in [0.15, 0.2) is 36.5 Å². The van der Waals surface area contributed by atoms with Gasteiger partial charge < -0.3 is 15.1 Å². The first-order valence-corrected chi connectivity index (χ1v) is 8.32. The maximum absolute atomic E-state index is 12.5. The van der Waals surface area contributed by atoms with Crippen molar-refractivity contribution in [1.29, 1.82) is 0 Å². The summed E-state index contributed by atoms with van der Waals surface area (Å²) in [5.74, 6) is 0.0152. The topological polar surface area (TPSA) is 48.5 Å². The molecule has 1 saturated heterocycles. The van der Waals surface area contributed by atoms with Gasteiger partial charge in [-0.1, -0.05) is 12.1 Å². The molecule has 0 spiro atoms. The van der Waals surface area contributed by atoms with Crippen LogP contribution in [0.3, 0.4) is 0 Å². The van der Waals surface area contributed by atoms with E-state index >= 15 is 0 Å². The molecule has 5 heteroatoms. The summed E-state index contributed by atoms with van der Waals surface area (Å²) in [4.78, 5) is 21.0. The molecule has 1 aliphatic heterocycles. The molecule has 24 heavy (non-hydrogen) atoms. The van der Waals surface area contributed by atoms with Gasteiger partial charge >= 0.3 is 0 Å². The fourth-order valence-corrected chi connectivity index (χ4v) is 2.81. The molecule has 126 valence electrons. The Bertz CT molecular complexity index is 719. The third kappa shape index (κ3) is 3.57. The number of likely N-dealkylation sites (N-methyl/N-ethyl adjacent to an activating group) is 1. The van der Waals surface area contributed by atoms with Crippen molar-refractivity contribution in [3.8, 4) is 0 Å². The number of nitrogens with one attached hydrogen (secondary N) is 1. The fourth-order valence-electron chi connectivity index (χ4n) is 2.81. The molecule has 1 N–H and O–H groups in total. The number of amides is 1. The van der Waals surface area contributed by atoms with E-state index in [1.54, 1.807) is 12.3 Å². The highest BCUT2D eigenvalue weighted by molar-refractivity contribution is 5.92. The van der Waals surface area contributed by atoms with Crippen LogP contribution in [0, 0.1) is 13.8 Å². The van der Waals surface area contributed by atoms with Gasteiger partial charge in [-0.05, 0) is 50.2 Å². The first-order valence-electron chi connectivity index (χ1n) is 8.32. The summed E-state index contributed by atoms with van der Waals surface area (Å²) >= 11 is 0. The van der Waals surface area contributed by atoms with Crippen molar-refractivity contribution >= 4 is 17.3 Å². The summed E-state index contributed by atoms with van der Waals surface area (Å²) in [6, 6.07) is 9.89. The van der Waals surface area contributed by atoms with Crippen LogP contribution in [-0.4, -0.2) is 53.9 Å². The van der Waals surface area contributed by atoms with Crippen LogP contribution in [0.25, 0.3) is 0 Å². The van der Waals surface area contributed by atoms with Gasteiger partial charge in [-0.25, -0.2) is 4.98 Å². The van der Waals surface area contributed by atoms with Crippen molar-refractivity contribution in [3.05, 3.63) is 53.3 Å². The minimum atomic E-state index is 0.0152. The Morgan fingerprint density at radius 2 is 1.83 bits per heavy atom. The third-order valence-electron chi connectivity index (χ3n) is 4.66. The number of rotatable bonds is 3. The van der Waals surface area contributed by atoms with Crippen molar-refractivity contribution in [2.24, 2.45) is 0 Å². The van der Waals surface area contributed by atoms with E-state index in [2.05, 4.69) is 42.2 Å². The highest BCUT2D eigenvalue weighted by Crippen LogP contribution is 2.22. The normalized spacial score (nSPS) is 15.4. The zero-order chi connectivity index (χ0) is 17.1. The Kier molecular flexibility index (Phi) is 4.81. The first kappa shape index (κ1) is 16.5. The molecule has 0 saturated carbocycles. The summed E-state index contributed by atoms with van der Waals surface area (Å²) in [6.45, 7) is 7.54. The van der Waals surface area contributed by atoms with E-state index in [-0.39, 0.29) is 5.91 Å². The quantitative estimate of drug-likeness (QED) is 0.943. The zero-order valence-corrected chi connectivity index (χ0v) is 14.5. The van der Waals surface area contributed by atoms with Crippen LogP contribution < -0.4 is 5.32 Å². The lowest BCUT2D eigenvalue weighted by Crippen LogP contribution is -2.47. The predicted octanol–water partition coefficient (Wildman–Crippen LogP) is 2.83. The van der Waals surface area contributed by atoms with Crippen molar-refractivity contribution in [1.82, 2.24) is 14.8 Å². The number of aromatic nitrogens is 1. The number of carbonyl (C=O) groups excluding carboxylic acids is 1. The van der Waals surface area contributed by atoms with Gasteiger partial charge in [0.05, 0.1) is 11.9 Å². The Labute approximate surface area is 143 Å². The molecule has 1 aromatic carbocycles. The number of carbonyl (C=O) groups is 1. The van der Waals surface area contributed by atoms with E-state index in [0.717, 1.165) is 37.6 Å². The monoisotopic (exact) mass is 324 g/mol. The van der Waals surface area contributed by atoms with Gasteiger partial charge in [-0.15, -0.1) is 0 Å². The van der Waals surface area contributed by atoms with E-state index < -0.39 is 0 Å². The van der Waals surface area contributed by atoms with E-state index in [4.69, 9.17) is 0 Å². The number of hydrogen-bond acceptors (Lipinski definition) is 4. The molecular formula is C19H24N4O. The molecular weight excluding hydrogens is 300 g/mol. The van der Waals surface area contributed by atoms with E-state index in [0.29, 0.717) is 5.69 Å². The Balaban J connectivity index is 1.69. The molecule has 0 bridgehead atoms. The Hall–Kier alpha value is -2.40. The molecule has 0 unspecified atom stereocenters. The summed E-state index contributed by atoms with van der Waals surface area (Å²) in [7, 11) is 2.08. The highest BCUT2D eigenvalue weighted by atomic mass is 16.2. The molecule has 3 rings (SSSR count). The predicted molar refractivity (Wildman–Crippen MR) is 96.8 cm³/mol. The van der Waals surface area contributed by atoms with Gasteiger partial charge in [0.25, 0.3) is 5.91 Å². The number of benzene rings is 1. The third-order valence-corrected chi connectivity index (χ3v) is 4.66. The largest absolute Gasteiger partial charge is 0.354 e. The van der Waals surface area contributed by atoms with E-state index in [1.807, 2.05) is 23.1 Å². The van der Waals surface area contributed by atoms with Crippen LogP contribution in [0.4, 0.5) is 11.4 Å². The van der Waals surface area contributed by atoms with Gasteiger partial charge in [-0.3, -0.25) is 4.79 Å². The molecule has 2 heterocycles. The summed E-state index contributed by atoms with van der Waals surface area (Å²) in [5.41, 5.74) is 4.92. The van der Waals surface area contributed by atoms with Crippen molar-refractivity contribution in [2.75, 3.05) is 38.5 Å². The minimum absolute atomic E-state index is 0.0152. The van der Waals surface area contributed by atoms with E-state index in [1.165, 1.54) is 11.1 Å². The smallest absolute Gasteiger partial charge is 0.272 e. The SMILES string of the molecule is Cc1cccc(Nc2ccc(C(=O)N3CCN(C)CC3)nc2)c1C. The van der Waals surface area contributed by atoms with Crippen molar-refractivity contribution < 1.29 is 4.79 Å². The number of pyridine rings is 1. The van der Waals surface area contributed by atoms with Crippen molar-refractivity contribution in [3.63, 3.8) is 0 Å². The molecule has 5 nitrogen and oxygen atoms in total. The molecule has 1 aromatic heterocycles. The summed E-state index contributed by atoms with van der Waals surface area (Å²) < 4.78 is 0. The van der Waals surface area contributed by atoms with Gasteiger partial charge in [0, 0.05) is 31.9 Å². The molecule has 0 radical (unpaired) electrons. The van der Waals surface area contributed by atoms with E-state index in [9.17, 15) is 4.79 Å². The van der Waals surface area contributed by atoms with Crippen LogP contribution in [0.5, 0.6) is 0 Å². The maximum Gasteiger partial charge on any atom is 0.272 e. The van der Waals surface area contributed by atoms with Gasteiger partial charge in [-0.2, -0.15) is 0 Å². The second kappa shape index (κ2) is 7.01. The number of anilines is 2. The van der Waals surface area contributed by atoms with Crippen LogP contribution in [0.2, 0.25) is 0 Å². The zero-order valence-electron chi connectivity index (χ0n) is 14.5. The second-order valence-corrected chi connectivity index (χ2v) is 6.40. The standard InChI is InChI=1S/C19H24N4O/c1-14-5-4-6-17(15(14)2)21-16-7-8-18(20-13-16)19(24)23-11-9-22(3)10-12-23/h4-8,13,21H,9-12H2,1-3H3. The van der Waals surface area contributed by atoms with Crippen LogP contribution >= 0.6 is 0 Å². The van der Waals surface area contributed by atoms with Gasteiger partial charge in [0.1, 0.15) is 5.69 Å². The lowest BCUT2D eigenvalue weighted by atomic mass is 10.1. The minimum Gasteiger partial charge on any atom is -0.354 e. The number of piperazine rings is 1. The van der Waals surface area contributed by atoms with Crippen LogP contribution in [0.1, 0.15) is 21.6 Å². The molecule has 1 fully saturated rings. The first-order chi connectivity index (χ1) is 11.5.